The van der Waals surface area contributed by atoms with Crippen LogP contribution in [0.2, 0.25) is 0 Å². The van der Waals surface area contributed by atoms with Gasteiger partial charge in [-0.2, -0.15) is 0 Å². The summed E-state index contributed by atoms with van der Waals surface area (Å²) < 4.78 is 0.482. The summed E-state index contributed by atoms with van der Waals surface area (Å²) in [4.78, 5) is 23.9. The summed E-state index contributed by atoms with van der Waals surface area (Å²) in [6.45, 7) is 4.32. The minimum atomic E-state index is -0.528. The van der Waals surface area contributed by atoms with Gasteiger partial charge in [-0.1, -0.05) is 19.1 Å². The second-order valence-corrected chi connectivity index (χ2v) is 7.91. The zero-order valence-electron chi connectivity index (χ0n) is 12.9. The first-order valence-corrected chi connectivity index (χ1v) is 9.63. The Bertz CT molecular complexity index is 513. The lowest BCUT2D eigenvalue weighted by Gasteiger charge is -2.14. The average Bonchev–Trinajstić information content (AvgIpc) is 3.07. The molecule has 4 nitrogen and oxygen atoms in total. The molecule has 120 valence electrons. The first kappa shape index (κ1) is 17.2. The zero-order valence-corrected chi connectivity index (χ0v) is 14.6. The van der Waals surface area contributed by atoms with Crippen LogP contribution in [0.15, 0.2) is 24.3 Å². The minimum absolute atomic E-state index is 0.148. The van der Waals surface area contributed by atoms with Crippen LogP contribution in [0.5, 0.6) is 0 Å². The molecule has 1 fully saturated rings. The van der Waals surface area contributed by atoms with Crippen molar-refractivity contribution in [3.8, 4) is 0 Å². The molecule has 1 aromatic rings. The number of rotatable bonds is 6. The molecule has 0 bridgehead atoms. The Morgan fingerprint density at radius 3 is 2.45 bits per heavy atom. The van der Waals surface area contributed by atoms with Crippen LogP contribution < -0.4 is 10.6 Å². The van der Waals surface area contributed by atoms with E-state index in [1.807, 2.05) is 54.7 Å². The average molecular weight is 338 g/mol. The summed E-state index contributed by atoms with van der Waals surface area (Å²) in [7, 11) is 0. The maximum absolute atomic E-state index is 12.2. The van der Waals surface area contributed by atoms with Crippen molar-refractivity contribution < 1.29 is 9.59 Å². The molecular formula is C16H22N2O2S2. The van der Waals surface area contributed by atoms with E-state index in [1.54, 1.807) is 6.92 Å². The number of hydrogen-bond acceptors (Lipinski definition) is 4. The lowest BCUT2D eigenvalue weighted by molar-refractivity contribution is -0.122. The minimum Gasteiger partial charge on any atom is -0.354 e. The Labute approximate surface area is 140 Å². The van der Waals surface area contributed by atoms with Crippen molar-refractivity contribution in [2.45, 2.75) is 30.9 Å². The van der Waals surface area contributed by atoms with Crippen molar-refractivity contribution in [3.05, 3.63) is 35.4 Å². The molecule has 0 unspecified atom stereocenters. The lowest BCUT2D eigenvalue weighted by Crippen LogP contribution is -2.45. The van der Waals surface area contributed by atoms with Crippen LogP contribution in [0.25, 0.3) is 0 Å². The third kappa shape index (κ3) is 4.68. The van der Waals surface area contributed by atoms with E-state index in [1.165, 1.54) is 17.1 Å². The lowest BCUT2D eigenvalue weighted by atomic mass is 10.1. The van der Waals surface area contributed by atoms with Gasteiger partial charge >= 0.3 is 0 Å². The highest BCUT2D eigenvalue weighted by atomic mass is 32.2. The second kappa shape index (κ2) is 8.48. The molecule has 0 aromatic heterocycles. The summed E-state index contributed by atoms with van der Waals surface area (Å²) in [5, 5.41) is 5.51. The van der Waals surface area contributed by atoms with Gasteiger partial charge in [0.25, 0.3) is 5.91 Å². The van der Waals surface area contributed by atoms with E-state index >= 15 is 0 Å². The smallest absolute Gasteiger partial charge is 0.251 e. The van der Waals surface area contributed by atoms with Gasteiger partial charge in [0.05, 0.1) is 4.58 Å². The van der Waals surface area contributed by atoms with E-state index in [9.17, 15) is 9.59 Å². The third-order valence-corrected chi connectivity index (χ3v) is 6.46. The SMILES string of the molecule is CCCNC(=O)[C@H](C)NC(=O)c1ccc(C2SCCS2)cc1. The maximum atomic E-state index is 12.2. The third-order valence-electron chi connectivity index (χ3n) is 3.36. The first-order chi connectivity index (χ1) is 10.6. The van der Waals surface area contributed by atoms with Crippen LogP contribution in [-0.4, -0.2) is 35.9 Å². The van der Waals surface area contributed by atoms with Crippen LogP contribution >= 0.6 is 23.5 Å². The van der Waals surface area contributed by atoms with E-state index in [0.29, 0.717) is 16.7 Å². The molecule has 0 spiro atoms. The Morgan fingerprint density at radius 2 is 1.86 bits per heavy atom. The molecule has 0 aliphatic carbocycles. The topological polar surface area (TPSA) is 58.2 Å². The summed E-state index contributed by atoms with van der Waals surface area (Å²) >= 11 is 3.88. The van der Waals surface area contributed by atoms with Crippen molar-refractivity contribution in [2.75, 3.05) is 18.1 Å². The molecule has 0 saturated carbocycles. The Balaban J connectivity index is 1.90. The van der Waals surface area contributed by atoms with E-state index in [4.69, 9.17) is 0 Å². The fourth-order valence-electron chi connectivity index (χ4n) is 2.09. The first-order valence-electron chi connectivity index (χ1n) is 7.53. The molecule has 2 N–H and O–H groups in total. The van der Waals surface area contributed by atoms with Crippen LogP contribution in [-0.2, 0) is 4.79 Å². The maximum Gasteiger partial charge on any atom is 0.251 e. The molecule has 0 radical (unpaired) electrons. The highest BCUT2D eigenvalue weighted by Crippen LogP contribution is 2.45. The number of thioether (sulfide) groups is 2. The van der Waals surface area contributed by atoms with Gasteiger partial charge in [-0.3, -0.25) is 9.59 Å². The predicted molar refractivity (Wildman–Crippen MR) is 94.3 cm³/mol. The van der Waals surface area contributed by atoms with Crippen molar-refractivity contribution in [1.29, 1.82) is 0 Å². The van der Waals surface area contributed by atoms with Crippen molar-refractivity contribution >= 4 is 35.3 Å². The quantitative estimate of drug-likeness (QED) is 0.837. The fourth-order valence-corrected chi connectivity index (χ4v) is 4.95. The number of hydrogen-bond donors (Lipinski definition) is 2. The van der Waals surface area contributed by atoms with Gasteiger partial charge in [-0.05, 0) is 31.0 Å². The molecule has 2 rings (SSSR count). The Kier molecular flexibility index (Phi) is 6.64. The summed E-state index contributed by atoms with van der Waals surface area (Å²) in [5.41, 5.74) is 1.84. The zero-order chi connectivity index (χ0) is 15.9. The number of amides is 2. The molecule has 1 atom stereocenters. The standard InChI is InChI=1S/C16H22N2O2S2/c1-3-8-17-14(19)11(2)18-15(20)12-4-6-13(7-5-12)16-21-9-10-22-16/h4-7,11,16H,3,8-10H2,1-2H3,(H,17,19)(H,18,20)/t11-/m0/s1. The Morgan fingerprint density at radius 1 is 1.23 bits per heavy atom. The monoisotopic (exact) mass is 338 g/mol. The molecule has 2 amide bonds. The van der Waals surface area contributed by atoms with Gasteiger partial charge in [-0.15, -0.1) is 23.5 Å². The molecule has 1 aromatic carbocycles. The van der Waals surface area contributed by atoms with E-state index < -0.39 is 6.04 Å². The number of nitrogens with one attached hydrogen (secondary N) is 2. The normalized spacial score (nSPS) is 16.3. The molecule has 1 heterocycles. The Hall–Kier alpha value is -1.14. The number of carbonyl (C=O) groups is 2. The van der Waals surface area contributed by atoms with E-state index in [0.717, 1.165) is 6.42 Å². The molecule has 1 aliphatic rings. The van der Waals surface area contributed by atoms with Crippen molar-refractivity contribution in [1.82, 2.24) is 10.6 Å². The molecule has 1 aliphatic heterocycles. The van der Waals surface area contributed by atoms with Gasteiger partial charge in [0, 0.05) is 23.6 Å². The van der Waals surface area contributed by atoms with E-state index in [-0.39, 0.29) is 11.8 Å². The van der Waals surface area contributed by atoms with Gasteiger partial charge in [0.1, 0.15) is 6.04 Å². The van der Waals surface area contributed by atoms with Gasteiger partial charge in [0.2, 0.25) is 5.91 Å². The molecule has 1 saturated heterocycles. The van der Waals surface area contributed by atoms with Crippen LogP contribution in [0, 0.1) is 0 Å². The second-order valence-electron chi connectivity index (χ2n) is 5.18. The largest absolute Gasteiger partial charge is 0.354 e. The highest BCUT2D eigenvalue weighted by molar-refractivity contribution is 8.19. The van der Waals surface area contributed by atoms with E-state index in [2.05, 4.69) is 10.6 Å². The summed E-state index contributed by atoms with van der Waals surface area (Å²) in [5.74, 6) is 2.01. The van der Waals surface area contributed by atoms with Crippen LogP contribution in [0.1, 0.15) is 40.8 Å². The fraction of sp³-hybridized carbons (Fsp3) is 0.500. The van der Waals surface area contributed by atoms with Gasteiger partial charge in [0.15, 0.2) is 0 Å². The van der Waals surface area contributed by atoms with Crippen LogP contribution in [0.4, 0.5) is 0 Å². The highest BCUT2D eigenvalue weighted by Gasteiger charge is 2.19. The number of benzene rings is 1. The number of carbonyl (C=O) groups excluding carboxylic acids is 2. The molecular weight excluding hydrogens is 316 g/mol. The summed E-state index contributed by atoms with van der Waals surface area (Å²) in [6, 6.07) is 7.15. The predicted octanol–water partition coefficient (Wildman–Crippen LogP) is 2.81. The van der Waals surface area contributed by atoms with Crippen LogP contribution in [0.3, 0.4) is 0 Å². The summed E-state index contributed by atoms with van der Waals surface area (Å²) in [6.07, 6.45) is 0.880. The van der Waals surface area contributed by atoms with Gasteiger partial charge in [-0.25, -0.2) is 0 Å². The van der Waals surface area contributed by atoms with Crippen molar-refractivity contribution in [2.24, 2.45) is 0 Å². The molecule has 6 heteroatoms. The molecule has 22 heavy (non-hydrogen) atoms. The van der Waals surface area contributed by atoms with Crippen molar-refractivity contribution in [3.63, 3.8) is 0 Å². The van der Waals surface area contributed by atoms with Gasteiger partial charge < -0.3 is 10.6 Å².